The largest absolute Gasteiger partial charge is 0.573 e. The Morgan fingerprint density at radius 2 is 1.96 bits per heavy atom. The third-order valence-corrected chi connectivity index (χ3v) is 3.75. The number of aromatic nitrogens is 3. The molecular weight excluding hydrogens is 365 g/mol. The first-order valence-corrected chi connectivity index (χ1v) is 8.28. The number of aliphatic hydroxyl groups is 1. The SMILES string of the molecule is CCN(CCn1ncc(C(C)(C)O)n1)C(=O)c1ccccc1OC(F)(F)F. The van der Waals surface area contributed by atoms with E-state index in [0.717, 1.165) is 6.07 Å². The van der Waals surface area contributed by atoms with Crippen molar-refractivity contribution < 1.29 is 27.8 Å². The number of alkyl halides is 3. The zero-order valence-corrected chi connectivity index (χ0v) is 15.2. The summed E-state index contributed by atoms with van der Waals surface area (Å²) in [5.74, 6) is -1.14. The van der Waals surface area contributed by atoms with Crippen molar-refractivity contribution in [1.82, 2.24) is 19.9 Å². The molecule has 27 heavy (non-hydrogen) atoms. The minimum absolute atomic E-state index is 0.176. The molecule has 0 saturated carbocycles. The monoisotopic (exact) mass is 386 g/mol. The van der Waals surface area contributed by atoms with Crippen LogP contribution < -0.4 is 4.74 Å². The van der Waals surface area contributed by atoms with Gasteiger partial charge in [-0.1, -0.05) is 12.1 Å². The Labute approximate surface area is 154 Å². The van der Waals surface area contributed by atoms with Gasteiger partial charge in [0.2, 0.25) is 0 Å². The normalized spacial score (nSPS) is 12.1. The zero-order valence-electron chi connectivity index (χ0n) is 15.2. The molecule has 0 aliphatic heterocycles. The summed E-state index contributed by atoms with van der Waals surface area (Å²) in [6, 6.07) is 5.21. The Morgan fingerprint density at radius 1 is 1.30 bits per heavy atom. The maximum absolute atomic E-state index is 12.7. The number of hydrogen-bond donors (Lipinski definition) is 1. The molecule has 0 spiro atoms. The van der Waals surface area contributed by atoms with Crippen molar-refractivity contribution >= 4 is 5.91 Å². The molecule has 0 radical (unpaired) electrons. The second kappa shape index (κ2) is 7.95. The molecule has 2 aromatic rings. The molecule has 0 fully saturated rings. The van der Waals surface area contributed by atoms with Crippen LogP contribution in [-0.2, 0) is 12.1 Å². The maximum atomic E-state index is 12.7. The van der Waals surface area contributed by atoms with Crippen LogP contribution in [0.3, 0.4) is 0 Å². The van der Waals surface area contributed by atoms with Gasteiger partial charge in [-0.05, 0) is 32.9 Å². The number of amides is 1. The molecule has 1 aromatic carbocycles. The van der Waals surface area contributed by atoms with Gasteiger partial charge in [0, 0.05) is 13.1 Å². The quantitative estimate of drug-likeness (QED) is 0.791. The number of para-hydroxylation sites is 1. The van der Waals surface area contributed by atoms with E-state index in [1.165, 1.54) is 34.1 Å². The number of hydrogen-bond acceptors (Lipinski definition) is 5. The van der Waals surface area contributed by atoms with Crippen molar-refractivity contribution in [2.24, 2.45) is 0 Å². The Kier molecular flexibility index (Phi) is 6.09. The molecule has 10 heteroatoms. The Balaban J connectivity index is 2.11. The van der Waals surface area contributed by atoms with E-state index in [0.29, 0.717) is 5.69 Å². The molecule has 0 atom stereocenters. The predicted molar refractivity (Wildman–Crippen MR) is 90.0 cm³/mol. The highest BCUT2D eigenvalue weighted by Gasteiger charge is 2.33. The lowest BCUT2D eigenvalue weighted by Crippen LogP contribution is -2.34. The molecular formula is C17H21F3N4O3. The van der Waals surface area contributed by atoms with E-state index in [-0.39, 0.29) is 25.2 Å². The van der Waals surface area contributed by atoms with Crippen LogP contribution in [0.15, 0.2) is 30.5 Å². The van der Waals surface area contributed by atoms with Gasteiger partial charge in [0.1, 0.15) is 17.0 Å². The molecule has 1 heterocycles. The number of benzene rings is 1. The first-order chi connectivity index (χ1) is 12.5. The van der Waals surface area contributed by atoms with Crippen molar-refractivity contribution in [2.45, 2.75) is 39.3 Å². The zero-order chi connectivity index (χ0) is 20.2. The fourth-order valence-corrected chi connectivity index (χ4v) is 2.33. The van der Waals surface area contributed by atoms with Crippen LogP contribution >= 0.6 is 0 Å². The van der Waals surface area contributed by atoms with Crippen LogP contribution in [-0.4, -0.2) is 50.4 Å². The predicted octanol–water partition coefficient (Wildman–Crippen LogP) is 2.57. The molecule has 148 valence electrons. The topological polar surface area (TPSA) is 80.5 Å². The fourth-order valence-electron chi connectivity index (χ4n) is 2.33. The average Bonchev–Trinajstić information content (AvgIpc) is 3.03. The number of carbonyl (C=O) groups is 1. The van der Waals surface area contributed by atoms with Gasteiger partial charge in [-0.2, -0.15) is 15.0 Å². The number of rotatable bonds is 7. The summed E-state index contributed by atoms with van der Waals surface area (Å²) in [6.45, 7) is 5.53. The summed E-state index contributed by atoms with van der Waals surface area (Å²) >= 11 is 0. The summed E-state index contributed by atoms with van der Waals surface area (Å²) < 4.78 is 41.6. The average molecular weight is 386 g/mol. The van der Waals surface area contributed by atoms with Gasteiger partial charge < -0.3 is 14.7 Å². The minimum atomic E-state index is -4.89. The van der Waals surface area contributed by atoms with E-state index >= 15 is 0 Å². The summed E-state index contributed by atoms with van der Waals surface area (Å²) in [5, 5.41) is 18.1. The smallest absolute Gasteiger partial charge is 0.405 e. The molecule has 0 unspecified atom stereocenters. The highest BCUT2D eigenvalue weighted by Crippen LogP contribution is 2.27. The van der Waals surface area contributed by atoms with Crippen LogP contribution in [0.4, 0.5) is 13.2 Å². The maximum Gasteiger partial charge on any atom is 0.573 e. The van der Waals surface area contributed by atoms with Gasteiger partial charge in [-0.25, -0.2) is 0 Å². The summed E-state index contributed by atoms with van der Waals surface area (Å²) in [6.07, 6.45) is -3.47. The first kappa shape index (κ1) is 20.7. The number of nitrogens with zero attached hydrogens (tertiary/aromatic N) is 4. The lowest BCUT2D eigenvalue weighted by atomic mass is 10.1. The van der Waals surface area contributed by atoms with Gasteiger partial charge in [-0.3, -0.25) is 4.79 Å². The molecule has 2 rings (SSSR count). The van der Waals surface area contributed by atoms with E-state index in [1.807, 2.05) is 0 Å². The van der Waals surface area contributed by atoms with E-state index in [1.54, 1.807) is 20.8 Å². The van der Waals surface area contributed by atoms with Gasteiger partial charge in [0.05, 0.1) is 18.3 Å². The number of halogens is 3. The summed E-state index contributed by atoms with van der Waals surface area (Å²) in [5.41, 5.74) is -0.949. The molecule has 0 saturated heterocycles. The lowest BCUT2D eigenvalue weighted by Gasteiger charge is -2.22. The van der Waals surface area contributed by atoms with Crippen molar-refractivity contribution in [3.63, 3.8) is 0 Å². The molecule has 1 aromatic heterocycles. The van der Waals surface area contributed by atoms with Crippen molar-refractivity contribution in [3.8, 4) is 5.75 Å². The van der Waals surface area contributed by atoms with Crippen LogP contribution in [0.5, 0.6) is 5.75 Å². The van der Waals surface area contributed by atoms with Crippen LogP contribution in [0.2, 0.25) is 0 Å². The van der Waals surface area contributed by atoms with Crippen molar-refractivity contribution in [1.29, 1.82) is 0 Å². The summed E-state index contributed by atoms with van der Waals surface area (Å²) in [7, 11) is 0. The number of carbonyl (C=O) groups excluding carboxylic acids is 1. The second-order valence-corrected chi connectivity index (χ2v) is 6.31. The number of likely N-dealkylation sites (N-methyl/N-ethyl adjacent to an activating group) is 1. The van der Waals surface area contributed by atoms with Crippen molar-refractivity contribution in [3.05, 3.63) is 41.7 Å². The van der Waals surface area contributed by atoms with Gasteiger partial charge in [-0.15, -0.1) is 13.2 Å². The van der Waals surface area contributed by atoms with Gasteiger partial charge in [0.25, 0.3) is 5.91 Å². The molecule has 1 N–H and O–H groups in total. The standard InChI is InChI=1S/C17H21F3N4O3/c1-4-23(9-10-24-21-11-14(22-24)16(2,3)26)15(25)12-7-5-6-8-13(12)27-17(18,19)20/h5-8,11,26H,4,9-10H2,1-3H3. The van der Waals surface area contributed by atoms with E-state index in [9.17, 15) is 23.1 Å². The molecule has 7 nitrogen and oxygen atoms in total. The third kappa shape index (κ3) is 5.68. The third-order valence-electron chi connectivity index (χ3n) is 3.75. The van der Waals surface area contributed by atoms with E-state index in [2.05, 4.69) is 14.9 Å². The molecule has 0 aliphatic rings. The Bertz CT molecular complexity index is 784. The number of ether oxygens (including phenoxy) is 1. The molecule has 0 aliphatic carbocycles. The van der Waals surface area contributed by atoms with Gasteiger partial charge >= 0.3 is 6.36 Å². The second-order valence-electron chi connectivity index (χ2n) is 6.31. The van der Waals surface area contributed by atoms with Crippen LogP contribution in [0, 0.1) is 0 Å². The fraction of sp³-hybridized carbons (Fsp3) is 0.471. The van der Waals surface area contributed by atoms with Crippen LogP contribution in [0.25, 0.3) is 0 Å². The summed E-state index contributed by atoms with van der Waals surface area (Å²) in [4.78, 5) is 15.3. The van der Waals surface area contributed by atoms with E-state index in [4.69, 9.17) is 0 Å². The molecule has 0 bridgehead atoms. The highest BCUT2D eigenvalue weighted by atomic mass is 19.4. The Hall–Kier alpha value is -2.62. The van der Waals surface area contributed by atoms with Crippen molar-refractivity contribution in [2.75, 3.05) is 13.1 Å². The van der Waals surface area contributed by atoms with Crippen LogP contribution in [0.1, 0.15) is 36.8 Å². The lowest BCUT2D eigenvalue weighted by molar-refractivity contribution is -0.274. The first-order valence-electron chi connectivity index (χ1n) is 8.28. The van der Waals surface area contributed by atoms with E-state index < -0.39 is 23.6 Å². The highest BCUT2D eigenvalue weighted by molar-refractivity contribution is 5.96. The molecule has 1 amide bonds. The van der Waals surface area contributed by atoms with Gasteiger partial charge in [0.15, 0.2) is 0 Å². The Morgan fingerprint density at radius 3 is 2.52 bits per heavy atom. The minimum Gasteiger partial charge on any atom is -0.405 e.